The monoisotopic (exact) mass is 255 g/mol. The zero-order valence-electron chi connectivity index (χ0n) is 9.91. The van der Waals surface area contributed by atoms with Gasteiger partial charge >= 0.3 is 0 Å². The third kappa shape index (κ3) is 3.18. The average Bonchev–Trinajstić information content (AvgIpc) is 2.69. The summed E-state index contributed by atoms with van der Waals surface area (Å²) in [5, 5.41) is 24.9. The van der Waals surface area contributed by atoms with E-state index in [1.165, 1.54) is 19.3 Å². The molecule has 0 aromatic carbocycles. The number of aromatic nitrogens is 4. The number of thioether (sulfide) groups is 1. The number of nitrogens with zero attached hydrogens (tertiary/aromatic N) is 5. The molecule has 1 atom stereocenters. The van der Waals surface area contributed by atoms with Crippen LogP contribution in [-0.4, -0.2) is 36.4 Å². The Morgan fingerprint density at radius 2 is 2.18 bits per heavy atom. The Morgan fingerprint density at radius 1 is 1.35 bits per heavy atom. The summed E-state index contributed by atoms with van der Waals surface area (Å²) in [5.74, 6) is 0. The fraction of sp³-hybridized carbons (Fsp3) is 0.800. The Bertz CT molecular complexity index is 392. The van der Waals surface area contributed by atoms with Crippen LogP contribution in [0.25, 0.3) is 0 Å². The normalized spacial score (nSPS) is 24.5. The van der Waals surface area contributed by atoms with Crippen molar-refractivity contribution in [3.63, 3.8) is 0 Å². The maximum absolute atomic E-state index is 9.09. The van der Waals surface area contributed by atoms with Crippen LogP contribution in [0.15, 0.2) is 10.3 Å². The van der Waals surface area contributed by atoms with Crippen LogP contribution in [-0.2, 0) is 7.05 Å². The van der Waals surface area contributed by atoms with E-state index in [9.17, 15) is 0 Å². The lowest BCUT2D eigenvalue weighted by molar-refractivity contribution is 0.315. The van der Waals surface area contributed by atoms with E-state index in [4.69, 9.17) is 5.21 Å². The SMILES string of the molecule is Cn1nnnc1SC1CCCCCCC1=NO. The molecule has 1 heterocycles. The van der Waals surface area contributed by atoms with Gasteiger partial charge in [0, 0.05) is 7.05 Å². The number of tetrazole rings is 1. The molecule has 0 bridgehead atoms. The molecule has 1 unspecified atom stereocenters. The summed E-state index contributed by atoms with van der Waals surface area (Å²) in [6, 6.07) is 0. The number of aryl methyl sites for hydroxylation is 1. The van der Waals surface area contributed by atoms with Crippen LogP contribution < -0.4 is 0 Å². The zero-order chi connectivity index (χ0) is 12.1. The van der Waals surface area contributed by atoms with Gasteiger partial charge in [-0.05, 0) is 29.7 Å². The summed E-state index contributed by atoms with van der Waals surface area (Å²) in [4.78, 5) is 0. The van der Waals surface area contributed by atoms with Gasteiger partial charge in [0.1, 0.15) is 0 Å². The number of hydrogen-bond acceptors (Lipinski definition) is 6. The van der Waals surface area contributed by atoms with Crippen molar-refractivity contribution in [2.75, 3.05) is 0 Å². The molecule has 1 saturated carbocycles. The molecule has 0 aliphatic heterocycles. The molecule has 0 saturated heterocycles. The Labute approximate surface area is 104 Å². The van der Waals surface area contributed by atoms with E-state index >= 15 is 0 Å². The summed E-state index contributed by atoms with van der Waals surface area (Å²) < 4.78 is 1.65. The maximum atomic E-state index is 9.09. The van der Waals surface area contributed by atoms with Crippen molar-refractivity contribution in [1.29, 1.82) is 0 Å². The van der Waals surface area contributed by atoms with Crippen molar-refractivity contribution in [2.45, 2.75) is 48.9 Å². The molecule has 1 fully saturated rings. The third-order valence-corrected chi connectivity index (χ3v) is 4.33. The predicted molar refractivity (Wildman–Crippen MR) is 65.4 cm³/mol. The first-order valence-electron chi connectivity index (χ1n) is 5.91. The topological polar surface area (TPSA) is 76.2 Å². The molecule has 1 aromatic rings. The second-order valence-corrected chi connectivity index (χ2v) is 5.41. The van der Waals surface area contributed by atoms with E-state index in [2.05, 4.69) is 20.7 Å². The Balaban J connectivity index is 2.07. The first-order valence-corrected chi connectivity index (χ1v) is 6.79. The zero-order valence-corrected chi connectivity index (χ0v) is 10.7. The minimum absolute atomic E-state index is 0.199. The molecule has 17 heavy (non-hydrogen) atoms. The van der Waals surface area contributed by atoms with E-state index in [0.717, 1.165) is 30.1 Å². The molecule has 6 nitrogen and oxygen atoms in total. The molecule has 0 amide bonds. The van der Waals surface area contributed by atoms with Crippen LogP contribution >= 0.6 is 11.8 Å². The van der Waals surface area contributed by atoms with Crippen molar-refractivity contribution in [3.05, 3.63) is 0 Å². The standard InChI is InChI=1S/C10H17N5OS/c1-15-10(11-13-14-15)17-9-7-5-3-2-4-6-8(9)12-16/h9,16H,2-7H2,1H3. The van der Waals surface area contributed by atoms with Gasteiger partial charge < -0.3 is 5.21 Å². The molecule has 0 spiro atoms. The molecule has 1 aliphatic rings. The molecule has 1 N–H and O–H groups in total. The van der Waals surface area contributed by atoms with Gasteiger partial charge in [0.15, 0.2) is 0 Å². The summed E-state index contributed by atoms with van der Waals surface area (Å²) in [6.07, 6.45) is 6.65. The van der Waals surface area contributed by atoms with Gasteiger partial charge in [-0.3, -0.25) is 0 Å². The second-order valence-electron chi connectivity index (χ2n) is 4.24. The molecule has 1 aromatic heterocycles. The first-order chi connectivity index (χ1) is 8.31. The van der Waals surface area contributed by atoms with Gasteiger partial charge in [0.25, 0.3) is 0 Å². The lowest BCUT2D eigenvalue weighted by atomic mass is 9.99. The van der Waals surface area contributed by atoms with E-state index < -0.39 is 0 Å². The molecule has 94 valence electrons. The predicted octanol–water partition coefficient (Wildman–Crippen LogP) is 1.86. The lowest BCUT2D eigenvalue weighted by Crippen LogP contribution is -2.20. The van der Waals surface area contributed by atoms with E-state index in [-0.39, 0.29) is 5.25 Å². The Hall–Kier alpha value is -1.11. The van der Waals surface area contributed by atoms with Crippen LogP contribution in [0.2, 0.25) is 0 Å². The molecular formula is C10H17N5OS. The largest absolute Gasteiger partial charge is 0.411 e. The van der Waals surface area contributed by atoms with Crippen LogP contribution in [0.4, 0.5) is 0 Å². The van der Waals surface area contributed by atoms with E-state index in [1.54, 1.807) is 16.4 Å². The molecule has 2 rings (SSSR count). The average molecular weight is 255 g/mol. The Morgan fingerprint density at radius 3 is 2.88 bits per heavy atom. The third-order valence-electron chi connectivity index (χ3n) is 2.98. The molecular weight excluding hydrogens is 238 g/mol. The van der Waals surface area contributed by atoms with Crippen molar-refractivity contribution in [1.82, 2.24) is 20.2 Å². The highest BCUT2D eigenvalue weighted by Crippen LogP contribution is 2.29. The van der Waals surface area contributed by atoms with Gasteiger partial charge in [0.05, 0.1) is 11.0 Å². The quantitative estimate of drug-likeness (QED) is 0.644. The van der Waals surface area contributed by atoms with Gasteiger partial charge in [0.2, 0.25) is 5.16 Å². The van der Waals surface area contributed by atoms with Crippen molar-refractivity contribution < 1.29 is 5.21 Å². The minimum atomic E-state index is 0.199. The van der Waals surface area contributed by atoms with Gasteiger partial charge in [-0.25, -0.2) is 4.68 Å². The van der Waals surface area contributed by atoms with Crippen LogP contribution in [0.5, 0.6) is 0 Å². The van der Waals surface area contributed by atoms with Crippen molar-refractivity contribution >= 4 is 17.5 Å². The van der Waals surface area contributed by atoms with Gasteiger partial charge in [-0.2, -0.15) is 0 Å². The highest BCUT2D eigenvalue weighted by molar-refractivity contribution is 8.00. The number of hydrogen-bond donors (Lipinski definition) is 1. The van der Waals surface area contributed by atoms with Crippen LogP contribution in [0.3, 0.4) is 0 Å². The Kier molecular flexibility index (Phi) is 4.36. The lowest BCUT2D eigenvalue weighted by Gasteiger charge is -2.19. The fourth-order valence-corrected chi connectivity index (χ4v) is 3.12. The number of rotatable bonds is 2. The second kappa shape index (κ2) is 6.00. The number of oxime groups is 1. The summed E-state index contributed by atoms with van der Waals surface area (Å²) >= 11 is 1.59. The highest BCUT2D eigenvalue weighted by Gasteiger charge is 2.22. The maximum Gasteiger partial charge on any atom is 0.209 e. The summed E-state index contributed by atoms with van der Waals surface area (Å²) in [5.41, 5.74) is 0.873. The van der Waals surface area contributed by atoms with E-state index in [0.29, 0.717) is 0 Å². The van der Waals surface area contributed by atoms with Gasteiger partial charge in [-0.15, -0.1) is 5.10 Å². The van der Waals surface area contributed by atoms with Crippen LogP contribution in [0.1, 0.15) is 38.5 Å². The van der Waals surface area contributed by atoms with Crippen LogP contribution in [0, 0.1) is 0 Å². The highest BCUT2D eigenvalue weighted by atomic mass is 32.2. The summed E-state index contributed by atoms with van der Waals surface area (Å²) in [6.45, 7) is 0. The van der Waals surface area contributed by atoms with Crippen molar-refractivity contribution in [3.8, 4) is 0 Å². The first kappa shape index (κ1) is 12.3. The smallest absolute Gasteiger partial charge is 0.209 e. The fourth-order valence-electron chi connectivity index (χ4n) is 2.01. The molecule has 1 aliphatic carbocycles. The van der Waals surface area contributed by atoms with Gasteiger partial charge in [-0.1, -0.05) is 36.2 Å². The van der Waals surface area contributed by atoms with Crippen molar-refractivity contribution in [2.24, 2.45) is 12.2 Å². The van der Waals surface area contributed by atoms with E-state index in [1.807, 2.05) is 7.05 Å². The minimum Gasteiger partial charge on any atom is -0.411 e. The molecule has 0 radical (unpaired) electrons. The molecule has 7 heteroatoms. The summed E-state index contributed by atoms with van der Waals surface area (Å²) in [7, 11) is 1.82.